The van der Waals surface area contributed by atoms with Crippen molar-refractivity contribution >= 4 is 33.2 Å². The molecule has 23 heavy (non-hydrogen) atoms. The van der Waals surface area contributed by atoms with E-state index < -0.39 is 9.84 Å². The van der Waals surface area contributed by atoms with Gasteiger partial charge in [0, 0.05) is 16.7 Å². The van der Waals surface area contributed by atoms with Crippen LogP contribution in [0.4, 0.5) is 0 Å². The van der Waals surface area contributed by atoms with Crippen molar-refractivity contribution in [3.05, 3.63) is 35.1 Å². The van der Waals surface area contributed by atoms with Crippen LogP contribution in [0.3, 0.4) is 0 Å². The summed E-state index contributed by atoms with van der Waals surface area (Å²) in [7, 11) is -3.30. The Bertz CT molecular complexity index is 753. The zero-order valence-electron chi connectivity index (χ0n) is 12.5. The Kier molecular flexibility index (Phi) is 5.28. The molecule has 0 saturated heterocycles. The maximum absolute atomic E-state index is 12.2. The molecule has 0 aliphatic heterocycles. The van der Waals surface area contributed by atoms with Crippen LogP contribution in [0.2, 0.25) is 5.02 Å². The third-order valence-electron chi connectivity index (χ3n) is 3.98. The number of rotatable bonds is 6. The van der Waals surface area contributed by atoms with Crippen LogP contribution in [0.15, 0.2) is 34.3 Å². The Labute approximate surface area is 145 Å². The van der Waals surface area contributed by atoms with Gasteiger partial charge >= 0.3 is 0 Å². The average Bonchev–Trinajstić information content (AvgIpc) is 3.18. The van der Waals surface area contributed by atoms with Crippen LogP contribution in [-0.4, -0.2) is 35.1 Å². The van der Waals surface area contributed by atoms with E-state index >= 15 is 0 Å². The standard InChI is InChI=1S/C15H18ClN3O2S2/c16-12-5-7-13(8-6-12)23(20,21)10-9-22-15-17-14(18-19-15)11-3-1-2-4-11/h5-8,11H,1-4,9-10H2,(H,17,18,19). The van der Waals surface area contributed by atoms with Gasteiger partial charge in [-0.15, -0.1) is 5.10 Å². The number of sulfone groups is 1. The lowest BCUT2D eigenvalue weighted by Gasteiger charge is -2.03. The number of hydrogen-bond acceptors (Lipinski definition) is 5. The molecule has 1 aliphatic carbocycles. The number of nitrogens with zero attached hydrogens (tertiary/aromatic N) is 2. The van der Waals surface area contributed by atoms with Crippen LogP contribution in [-0.2, 0) is 9.84 Å². The van der Waals surface area contributed by atoms with Crippen molar-refractivity contribution in [1.82, 2.24) is 15.2 Å². The molecular formula is C15H18ClN3O2S2. The second kappa shape index (κ2) is 7.23. The summed E-state index contributed by atoms with van der Waals surface area (Å²) in [6.45, 7) is 0. The van der Waals surface area contributed by atoms with Gasteiger partial charge in [-0.3, -0.25) is 5.10 Å². The summed E-state index contributed by atoms with van der Waals surface area (Å²) in [5, 5.41) is 8.32. The smallest absolute Gasteiger partial charge is 0.208 e. The maximum atomic E-state index is 12.2. The Morgan fingerprint density at radius 2 is 1.91 bits per heavy atom. The predicted molar refractivity (Wildman–Crippen MR) is 91.8 cm³/mol. The Morgan fingerprint density at radius 3 is 2.61 bits per heavy atom. The summed E-state index contributed by atoms with van der Waals surface area (Å²) in [6.07, 6.45) is 4.80. The van der Waals surface area contributed by atoms with E-state index in [1.165, 1.54) is 36.7 Å². The first-order chi connectivity index (χ1) is 11.0. The molecule has 1 aromatic heterocycles. The van der Waals surface area contributed by atoms with Crippen molar-refractivity contribution in [2.75, 3.05) is 11.5 Å². The Morgan fingerprint density at radius 1 is 1.22 bits per heavy atom. The highest BCUT2D eigenvalue weighted by atomic mass is 35.5. The number of aromatic amines is 1. The molecule has 2 aromatic rings. The fraction of sp³-hybridized carbons (Fsp3) is 0.467. The molecule has 0 spiro atoms. The van der Waals surface area contributed by atoms with Crippen LogP contribution in [0, 0.1) is 0 Å². The molecule has 1 fully saturated rings. The highest BCUT2D eigenvalue weighted by molar-refractivity contribution is 8.00. The monoisotopic (exact) mass is 371 g/mol. The summed E-state index contributed by atoms with van der Waals surface area (Å²) in [5.41, 5.74) is 0. The summed E-state index contributed by atoms with van der Waals surface area (Å²) in [5.74, 6) is 1.89. The van der Waals surface area contributed by atoms with Gasteiger partial charge in [0.2, 0.25) is 5.16 Å². The molecular weight excluding hydrogens is 354 g/mol. The fourth-order valence-electron chi connectivity index (χ4n) is 2.71. The van der Waals surface area contributed by atoms with Crippen molar-refractivity contribution in [3.63, 3.8) is 0 Å². The van der Waals surface area contributed by atoms with E-state index in [0.29, 0.717) is 26.7 Å². The molecule has 5 nitrogen and oxygen atoms in total. The van der Waals surface area contributed by atoms with Gasteiger partial charge in [-0.2, -0.15) is 0 Å². The van der Waals surface area contributed by atoms with Gasteiger partial charge in [0.15, 0.2) is 9.84 Å². The Hall–Kier alpha value is -1.05. The first kappa shape index (κ1) is 16.8. The lowest BCUT2D eigenvalue weighted by molar-refractivity contribution is 0.597. The fourth-order valence-corrected chi connectivity index (χ4v) is 5.29. The van der Waals surface area contributed by atoms with E-state index in [-0.39, 0.29) is 5.75 Å². The number of aromatic nitrogens is 3. The second-order valence-corrected chi connectivity index (χ2v) is 9.21. The van der Waals surface area contributed by atoms with Gasteiger partial charge in [0.05, 0.1) is 10.6 Å². The van der Waals surface area contributed by atoms with Gasteiger partial charge in [0.1, 0.15) is 5.82 Å². The third kappa shape index (κ3) is 4.28. The number of nitrogens with one attached hydrogen (secondary N) is 1. The summed E-state index contributed by atoms with van der Waals surface area (Å²) in [4.78, 5) is 4.78. The largest absolute Gasteiger partial charge is 0.262 e. The van der Waals surface area contributed by atoms with Crippen LogP contribution >= 0.6 is 23.4 Å². The number of halogens is 1. The Balaban J connectivity index is 1.55. The molecule has 1 N–H and O–H groups in total. The van der Waals surface area contributed by atoms with Crippen molar-refractivity contribution in [2.45, 2.75) is 41.7 Å². The van der Waals surface area contributed by atoms with Crippen molar-refractivity contribution in [3.8, 4) is 0 Å². The van der Waals surface area contributed by atoms with Gasteiger partial charge in [-0.05, 0) is 37.1 Å². The SMILES string of the molecule is O=S(=O)(CCSc1n[nH]c(C2CCCC2)n1)c1ccc(Cl)cc1. The van der Waals surface area contributed by atoms with Crippen molar-refractivity contribution < 1.29 is 8.42 Å². The van der Waals surface area contributed by atoms with Gasteiger partial charge in [0.25, 0.3) is 0 Å². The topological polar surface area (TPSA) is 75.7 Å². The maximum Gasteiger partial charge on any atom is 0.208 e. The molecule has 3 rings (SSSR count). The highest BCUT2D eigenvalue weighted by Crippen LogP contribution is 2.32. The highest BCUT2D eigenvalue weighted by Gasteiger charge is 2.21. The minimum Gasteiger partial charge on any atom is -0.262 e. The summed E-state index contributed by atoms with van der Waals surface area (Å²) in [6, 6.07) is 6.25. The average molecular weight is 372 g/mol. The zero-order valence-corrected chi connectivity index (χ0v) is 14.9. The number of hydrogen-bond donors (Lipinski definition) is 1. The normalized spacial score (nSPS) is 16.0. The van der Waals surface area contributed by atoms with Gasteiger partial charge in [-0.25, -0.2) is 13.4 Å². The first-order valence-electron chi connectivity index (χ1n) is 7.58. The molecule has 0 bridgehead atoms. The van der Waals surface area contributed by atoms with Crippen LogP contribution < -0.4 is 0 Å². The number of H-pyrrole nitrogens is 1. The molecule has 1 saturated carbocycles. The van der Waals surface area contributed by atoms with Crippen LogP contribution in [0.5, 0.6) is 0 Å². The number of thioether (sulfide) groups is 1. The van der Waals surface area contributed by atoms with Crippen LogP contribution in [0.1, 0.15) is 37.4 Å². The van der Waals surface area contributed by atoms with E-state index in [4.69, 9.17) is 11.6 Å². The van der Waals surface area contributed by atoms with Crippen LogP contribution in [0.25, 0.3) is 0 Å². The predicted octanol–water partition coefficient (Wildman–Crippen LogP) is 3.68. The molecule has 8 heteroatoms. The van der Waals surface area contributed by atoms with E-state index in [0.717, 1.165) is 18.7 Å². The summed E-state index contributed by atoms with van der Waals surface area (Å²) < 4.78 is 24.5. The minimum atomic E-state index is -3.30. The van der Waals surface area contributed by atoms with Crippen molar-refractivity contribution in [2.24, 2.45) is 0 Å². The molecule has 0 atom stereocenters. The minimum absolute atomic E-state index is 0.0482. The van der Waals surface area contributed by atoms with Crippen molar-refractivity contribution in [1.29, 1.82) is 0 Å². The molecule has 0 unspecified atom stereocenters. The first-order valence-corrected chi connectivity index (χ1v) is 10.6. The molecule has 1 aliphatic rings. The third-order valence-corrected chi connectivity index (χ3v) is 7.07. The zero-order chi connectivity index (χ0) is 16.3. The molecule has 124 valence electrons. The number of benzene rings is 1. The molecule has 1 aromatic carbocycles. The van der Waals surface area contributed by atoms with E-state index in [1.54, 1.807) is 12.1 Å². The van der Waals surface area contributed by atoms with Gasteiger partial charge in [-0.1, -0.05) is 36.2 Å². The quantitative estimate of drug-likeness (QED) is 0.784. The molecule has 1 heterocycles. The molecule has 0 amide bonds. The second-order valence-electron chi connectivity index (χ2n) is 5.61. The molecule has 0 radical (unpaired) electrons. The van der Waals surface area contributed by atoms with E-state index in [9.17, 15) is 8.42 Å². The van der Waals surface area contributed by atoms with E-state index in [2.05, 4.69) is 15.2 Å². The summed E-state index contributed by atoms with van der Waals surface area (Å²) >= 11 is 7.15. The van der Waals surface area contributed by atoms with E-state index in [1.807, 2.05) is 0 Å². The van der Waals surface area contributed by atoms with Gasteiger partial charge < -0.3 is 0 Å². The lowest BCUT2D eigenvalue weighted by Crippen LogP contribution is -2.08. The lowest BCUT2D eigenvalue weighted by atomic mass is 10.1.